The first-order valence-electron chi connectivity index (χ1n) is 5.74. The molecule has 1 aromatic rings. The maximum Gasteiger partial charge on any atom is 0.360 e. The fourth-order valence-corrected chi connectivity index (χ4v) is 1.58. The lowest BCUT2D eigenvalue weighted by Crippen LogP contribution is -2.17. The SMILES string of the molecule is COCc1c(C(=O)OC)nnn1CCCN(C)C. The Balaban J connectivity index is 2.77. The van der Waals surface area contributed by atoms with Gasteiger partial charge in [-0.05, 0) is 27.1 Å². The van der Waals surface area contributed by atoms with Crippen molar-refractivity contribution in [2.75, 3.05) is 34.9 Å². The number of ether oxygens (including phenoxy) is 2. The summed E-state index contributed by atoms with van der Waals surface area (Å²) < 4.78 is 11.4. The molecule has 0 aromatic carbocycles. The zero-order valence-electron chi connectivity index (χ0n) is 11.3. The molecular weight excluding hydrogens is 236 g/mol. The molecule has 0 radical (unpaired) electrons. The molecule has 0 spiro atoms. The van der Waals surface area contributed by atoms with E-state index in [1.807, 2.05) is 14.1 Å². The van der Waals surface area contributed by atoms with E-state index in [-0.39, 0.29) is 5.69 Å². The summed E-state index contributed by atoms with van der Waals surface area (Å²) in [6.45, 7) is 1.93. The van der Waals surface area contributed by atoms with Crippen molar-refractivity contribution in [2.45, 2.75) is 19.6 Å². The van der Waals surface area contributed by atoms with Gasteiger partial charge in [0.1, 0.15) is 0 Å². The van der Waals surface area contributed by atoms with Crippen LogP contribution in [-0.2, 0) is 22.6 Å². The van der Waals surface area contributed by atoms with Gasteiger partial charge in [-0.15, -0.1) is 5.10 Å². The fraction of sp³-hybridized carbons (Fsp3) is 0.727. The summed E-state index contributed by atoms with van der Waals surface area (Å²) in [6, 6.07) is 0. The van der Waals surface area contributed by atoms with Crippen molar-refractivity contribution in [3.05, 3.63) is 11.4 Å². The van der Waals surface area contributed by atoms with E-state index in [1.165, 1.54) is 7.11 Å². The van der Waals surface area contributed by atoms with E-state index in [9.17, 15) is 4.79 Å². The highest BCUT2D eigenvalue weighted by atomic mass is 16.5. The van der Waals surface area contributed by atoms with Crippen LogP contribution in [0.3, 0.4) is 0 Å². The number of hydrogen-bond acceptors (Lipinski definition) is 6. The maximum absolute atomic E-state index is 11.5. The van der Waals surface area contributed by atoms with Crippen molar-refractivity contribution in [3.8, 4) is 0 Å². The lowest BCUT2D eigenvalue weighted by molar-refractivity contribution is 0.0588. The molecule has 0 saturated heterocycles. The molecule has 7 heteroatoms. The van der Waals surface area contributed by atoms with Crippen molar-refractivity contribution in [2.24, 2.45) is 0 Å². The molecular formula is C11H20N4O3. The molecule has 1 heterocycles. The first kappa shape index (κ1) is 14.6. The average molecular weight is 256 g/mol. The van der Waals surface area contributed by atoms with Gasteiger partial charge in [-0.3, -0.25) is 0 Å². The molecule has 7 nitrogen and oxygen atoms in total. The number of rotatable bonds is 7. The Kier molecular flexibility index (Phi) is 5.73. The average Bonchev–Trinajstić information content (AvgIpc) is 2.72. The van der Waals surface area contributed by atoms with Gasteiger partial charge in [0.2, 0.25) is 0 Å². The molecule has 0 fully saturated rings. The summed E-state index contributed by atoms with van der Waals surface area (Å²) in [5.74, 6) is -0.485. The molecule has 102 valence electrons. The van der Waals surface area contributed by atoms with Crippen molar-refractivity contribution < 1.29 is 14.3 Å². The molecule has 0 bridgehead atoms. The van der Waals surface area contributed by atoms with E-state index in [0.717, 1.165) is 13.0 Å². The predicted molar refractivity (Wildman–Crippen MR) is 65.2 cm³/mol. The van der Waals surface area contributed by atoms with Crippen LogP contribution < -0.4 is 0 Å². The lowest BCUT2D eigenvalue weighted by Gasteiger charge is -2.10. The number of hydrogen-bond donors (Lipinski definition) is 0. The fourth-order valence-electron chi connectivity index (χ4n) is 1.58. The molecule has 0 aliphatic heterocycles. The maximum atomic E-state index is 11.5. The van der Waals surface area contributed by atoms with E-state index >= 15 is 0 Å². The van der Waals surface area contributed by atoms with Crippen molar-refractivity contribution in [3.63, 3.8) is 0 Å². The predicted octanol–water partition coefficient (Wildman–Crippen LogP) is 0.163. The molecule has 0 N–H and O–H groups in total. The summed E-state index contributed by atoms with van der Waals surface area (Å²) in [5.41, 5.74) is 0.882. The first-order valence-corrected chi connectivity index (χ1v) is 5.74. The third kappa shape index (κ3) is 3.78. The first-order chi connectivity index (χ1) is 8.60. The highest BCUT2D eigenvalue weighted by Crippen LogP contribution is 2.09. The van der Waals surface area contributed by atoms with Crippen LogP contribution in [0.2, 0.25) is 0 Å². The highest BCUT2D eigenvalue weighted by molar-refractivity contribution is 5.88. The monoisotopic (exact) mass is 256 g/mol. The Morgan fingerprint density at radius 2 is 2.11 bits per heavy atom. The number of aryl methyl sites for hydroxylation is 1. The van der Waals surface area contributed by atoms with Crippen LogP contribution in [0.1, 0.15) is 22.6 Å². The lowest BCUT2D eigenvalue weighted by atomic mass is 10.3. The van der Waals surface area contributed by atoms with Gasteiger partial charge in [-0.1, -0.05) is 5.21 Å². The van der Waals surface area contributed by atoms with E-state index in [2.05, 4.69) is 19.9 Å². The van der Waals surface area contributed by atoms with Crippen molar-refractivity contribution in [1.82, 2.24) is 19.9 Å². The molecule has 0 aliphatic rings. The van der Waals surface area contributed by atoms with Gasteiger partial charge in [0.25, 0.3) is 0 Å². The molecule has 0 saturated carbocycles. The van der Waals surface area contributed by atoms with Gasteiger partial charge in [0.15, 0.2) is 5.69 Å². The third-order valence-corrected chi connectivity index (χ3v) is 2.47. The Bertz CT molecular complexity index is 390. The van der Waals surface area contributed by atoms with Crippen LogP contribution in [0.5, 0.6) is 0 Å². The summed E-state index contributed by atoms with van der Waals surface area (Å²) >= 11 is 0. The number of carbonyl (C=O) groups is 1. The summed E-state index contributed by atoms with van der Waals surface area (Å²) in [6.07, 6.45) is 0.924. The van der Waals surface area contributed by atoms with Crippen molar-refractivity contribution in [1.29, 1.82) is 0 Å². The smallest absolute Gasteiger partial charge is 0.360 e. The summed E-state index contributed by atoms with van der Waals surface area (Å²) in [5, 5.41) is 7.82. The number of aromatic nitrogens is 3. The molecule has 0 atom stereocenters. The van der Waals surface area contributed by atoms with Crippen LogP contribution in [0, 0.1) is 0 Å². The van der Waals surface area contributed by atoms with Crippen LogP contribution in [0.25, 0.3) is 0 Å². The van der Waals surface area contributed by atoms with Crippen LogP contribution in [-0.4, -0.2) is 60.7 Å². The van der Waals surface area contributed by atoms with Gasteiger partial charge in [0.05, 0.1) is 19.4 Å². The third-order valence-electron chi connectivity index (χ3n) is 2.47. The Labute approximate surface area is 107 Å². The minimum atomic E-state index is -0.485. The number of carbonyl (C=O) groups excluding carboxylic acids is 1. The normalized spacial score (nSPS) is 10.9. The molecule has 1 rings (SSSR count). The Hall–Kier alpha value is -1.47. The quantitative estimate of drug-likeness (QED) is 0.647. The van der Waals surface area contributed by atoms with E-state index in [4.69, 9.17) is 4.74 Å². The second-order valence-electron chi connectivity index (χ2n) is 4.19. The zero-order valence-corrected chi connectivity index (χ0v) is 11.3. The van der Waals surface area contributed by atoms with Crippen LogP contribution in [0.15, 0.2) is 0 Å². The number of methoxy groups -OCH3 is 2. The summed E-state index contributed by atoms with van der Waals surface area (Å²) in [4.78, 5) is 13.6. The molecule has 0 amide bonds. The van der Waals surface area contributed by atoms with Gasteiger partial charge in [-0.2, -0.15) is 0 Å². The minimum absolute atomic E-state index is 0.226. The Morgan fingerprint density at radius 1 is 1.39 bits per heavy atom. The Morgan fingerprint density at radius 3 is 2.67 bits per heavy atom. The van der Waals surface area contributed by atoms with Gasteiger partial charge in [-0.25, -0.2) is 9.48 Å². The van der Waals surface area contributed by atoms with Gasteiger partial charge < -0.3 is 14.4 Å². The summed E-state index contributed by atoms with van der Waals surface area (Å²) in [7, 11) is 6.91. The van der Waals surface area contributed by atoms with Crippen LogP contribution in [0.4, 0.5) is 0 Å². The second-order valence-corrected chi connectivity index (χ2v) is 4.19. The topological polar surface area (TPSA) is 69.5 Å². The molecule has 1 aromatic heterocycles. The zero-order chi connectivity index (χ0) is 13.5. The highest BCUT2D eigenvalue weighted by Gasteiger charge is 2.19. The number of esters is 1. The second kappa shape index (κ2) is 7.07. The van der Waals surface area contributed by atoms with E-state index < -0.39 is 5.97 Å². The van der Waals surface area contributed by atoms with E-state index in [0.29, 0.717) is 18.8 Å². The molecule has 18 heavy (non-hydrogen) atoms. The standard InChI is InChI=1S/C11H20N4O3/c1-14(2)6-5-7-15-9(8-17-3)10(12-13-15)11(16)18-4/h5-8H2,1-4H3. The van der Waals surface area contributed by atoms with Gasteiger partial charge >= 0.3 is 5.97 Å². The minimum Gasteiger partial charge on any atom is -0.464 e. The molecule has 0 unspecified atom stereocenters. The van der Waals surface area contributed by atoms with Crippen molar-refractivity contribution >= 4 is 5.97 Å². The molecule has 0 aliphatic carbocycles. The van der Waals surface area contributed by atoms with E-state index in [1.54, 1.807) is 11.8 Å². The largest absolute Gasteiger partial charge is 0.464 e. The van der Waals surface area contributed by atoms with Crippen LogP contribution >= 0.6 is 0 Å². The number of nitrogens with zero attached hydrogens (tertiary/aromatic N) is 4. The van der Waals surface area contributed by atoms with Gasteiger partial charge in [0, 0.05) is 13.7 Å².